The van der Waals surface area contributed by atoms with Crippen molar-refractivity contribution in [2.75, 3.05) is 70.3 Å². The first-order valence-electron chi connectivity index (χ1n) is 16.4. The van der Waals surface area contributed by atoms with E-state index in [1.807, 2.05) is 18.7 Å². The topological polar surface area (TPSA) is 265 Å². The van der Waals surface area contributed by atoms with E-state index in [1.165, 1.54) is 18.3 Å². The van der Waals surface area contributed by atoms with Crippen LogP contribution in [0.3, 0.4) is 0 Å². The molecule has 0 saturated carbocycles. The maximum Gasteiger partial charge on any atom is 0.326 e. The molecular formula is C32H44N10O9. The van der Waals surface area contributed by atoms with Crippen molar-refractivity contribution < 1.29 is 38.5 Å². The normalized spacial score (nSPS) is 14.6. The molecule has 4 rings (SSSR count). The fourth-order valence-corrected chi connectivity index (χ4v) is 5.02. The summed E-state index contributed by atoms with van der Waals surface area (Å²) < 4.78 is 16.5. The second-order valence-corrected chi connectivity index (χ2v) is 12.0. The number of carboxylic acid groups (broad SMARTS) is 1. The van der Waals surface area contributed by atoms with E-state index in [0.29, 0.717) is 57.5 Å². The van der Waals surface area contributed by atoms with Gasteiger partial charge in [0.2, 0.25) is 17.8 Å². The smallest absolute Gasteiger partial charge is 0.326 e. The molecule has 3 amide bonds. The number of fused-ring (bicyclic) bond motifs is 1. The summed E-state index contributed by atoms with van der Waals surface area (Å²) in [6.07, 6.45) is 1.24. The molecule has 1 aliphatic heterocycles. The third-order valence-electron chi connectivity index (χ3n) is 7.76. The van der Waals surface area contributed by atoms with Crippen LogP contribution < -0.4 is 32.6 Å². The number of nitrogens with two attached hydrogens (primary N) is 1. The molecule has 19 heteroatoms. The molecule has 1 fully saturated rings. The predicted octanol–water partition coefficient (Wildman–Crippen LogP) is -0.795. The zero-order valence-electron chi connectivity index (χ0n) is 28.5. The summed E-state index contributed by atoms with van der Waals surface area (Å²) in [6, 6.07) is 5.03. The number of nitrogen functional groups attached to an aromatic ring is 1. The van der Waals surface area contributed by atoms with Crippen LogP contribution in [0.2, 0.25) is 0 Å². The SMILES string of the molecule is CC1(C)NC(=O)CN1CCOCCOCCOCCNC(=O)CCC(NC(=O)c1ccc(NCc2cnc3nc(N)[nH]c(=O)c3n2)cc1)C(=O)O. The van der Waals surface area contributed by atoms with Crippen molar-refractivity contribution in [2.24, 2.45) is 0 Å². The Kier molecular flexibility index (Phi) is 14.1. The summed E-state index contributed by atoms with van der Waals surface area (Å²) in [5.74, 6) is -2.29. The number of aromatic amines is 1. The molecule has 0 radical (unpaired) electrons. The molecule has 3 aromatic rings. The number of carboxylic acids is 1. The number of hydrogen-bond donors (Lipinski definition) is 7. The van der Waals surface area contributed by atoms with Crippen LogP contribution >= 0.6 is 0 Å². The van der Waals surface area contributed by atoms with Crippen LogP contribution in [0.4, 0.5) is 11.6 Å². The maximum atomic E-state index is 12.7. The molecule has 19 nitrogen and oxygen atoms in total. The van der Waals surface area contributed by atoms with E-state index in [0.717, 1.165) is 0 Å². The zero-order chi connectivity index (χ0) is 36.8. The highest BCUT2D eigenvalue weighted by Gasteiger charge is 2.35. The van der Waals surface area contributed by atoms with Gasteiger partial charge in [-0.15, -0.1) is 0 Å². The average Bonchev–Trinajstić information content (AvgIpc) is 3.36. The highest BCUT2D eigenvalue weighted by atomic mass is 16.5. The Hall–Kier alpha value is -5.24. The highest BCUT2D eigenvalue weighted by molar-refractivity contribution is 5.97. The molecule has 2 aromatic heterocycles. The van der Waals surface area contributed by atoms with E-state index in [-0.39, 0.29) is 72.7 Å². The molecule has 8 N–H and O–H groups in total. The molecule has 1 aliphatic rings. The van der Waals surface area contributed by atoms with E-state index < -0.39 is 23.5 Å². The van der Waals surface area contributed by atoms with Gasteiger partial charge in [-0.1, -0.05) is 0 Å². The van der Waals surface area contributed by atoms with Gasteiger partial charge < -0.3 is 46.3 Å². The van der Waals surface area contributed by atoms with E-state index in [9.17, 15) is 29.1 Å². The van der Waals surface area contributed by atoms with Gasteiger partial charge in [-0.3, -0.25) is 29.1 Å². The van der Waals surface area contributed by atoms with Gasteiger partial charge >= 0.3 is 5.97 Å². The van der Waals surface area contributed by atoms with Crippen LogP contribution in [-0.2, 0) is 35.1 Å². The van der Waals surface area contributed by atoms with Crippen LogP contribution in [0.25, 0.3) is 11.2 Å². The lowest BCUT2D eigenvalue weighted by Crippen LogP contribution is -2.47. The third-order valence-corrected chi connectivity index (χ3v) is 7.76. The summed E-state index contributed by atoms with van der Waals surface area (Å²) >= 11 is 0. The van der Waals surface area contributed by atoms with E-state index in [2.05, 4.69) is 41.2 Å². The van der Waals surface area contributed by atoms with Crippen molar-refractivity contribution in [1.82, 2.24) is 40.8 Å². The zero-order valence-corrected chi connectivity index (χ0v) is 28.5. The first-order chi connectivity index (χ1) is 24.4. The van der Waals surface area contributed by atoms with Crippen LogP contribution in [-0.4, -0.2) is 125 Å². The first kappa shape index (κ1) is 38.6. The number of nitrogens with one attached hydrogen (secondary N) is 5. The molecule has 1 unspecified atom stereocenters. The van der Waals surface area contributed by atoms with Crippen LogP contribution in [0.1, 0.15) is 42.7 Å². The van der Waals surface area contributed by atoms with E-state index in [1.54, 1.807) is 12.1 Å². The van der Waals surface area contributed by atoms with Crippen LogP contribution in [0.5, 0.6) is 0 Å². The Balaban J connectivity index is 1.05. The van der Waals surface area contributed by atoms with E-state index >= 15 is 0 Å². The van der Waals surface area contributed by atoms with Gasteiger partial charge in [0.1, 0.15) is 6.04 Å². The number of aromatic nitrogens is 4. The van der Waals surface area contributed by atoms with Gasteiger partial charge in [0, 0.05) is 30.8 Å². The number of anilines is 2. The van der Waals surface area contributed by atoms with Crippen molar-refractivity contribution in [2.45, 2.75) is 44.9 Å². The number of H-pyrrole nitrogens is 1. The molecule has 1 atom stereocenters. The van der Waals surface area contributed by atoms with Gasteiger partial charge in [0.05, 0.1) is 70.3 Å². The second kappa shape index (κ2) is 18.7. The van der Waals surface area contributed by atoms with E-state index in [4.69, 9.17) is 19.9 Å². The molecule has 276 valence electrons. The van der Waals surface area contributed by atoms with Gasteiger partial charge in [-0.25, -0.2) is 14.8 Å². The Morgan fingerprint density at radius 3 is 2.37 bits per heavy atom. The summed E-state index contributed by atoms with van der Waals surface area (Å²) in [5, 5.41) is 20.7. The quantitative estimate of drug-likeness (QED) is 0.0667. The van der Waals surface area contributed by atoms with Gasteiger partial charge in [0.15, 0.2) is 11.2 Å². The summed E-state index contributed by atoms with van der Waals surface area (Å²) in [5.41, 5.74) is 6.17. The summed E-state index contributed by atoms with van der Waals surface area (Å²) in [6.45, 7) is 7.56. The number of amides is 3. The minimum absolute atomic E-state index is 0.00454. The van der Waals surface area contributed by atoms with Gasteiger partial charge in [0.25, 0.3) is 11.5 Å². The average molecular weight is 713 g/mol. The lowest BCUT2D eigenvalue weighted by Gasteiger charge is -2.29. The molecular weight excluding hydrogens is 668 g/mol. The fourth-order valence-electron chi connectivity index (χ4n) is 5.02. The van der Waals surface area contributed by atoms with Gasteiger partial charge in [-0.05, 0) is 44.5 Å². The maximum absolute atomic E-state index is 12.7. The highest BCUT2D eigenvalue weighted by Crippen LogP contribution is 2.16. The summed E-state index contributed by atoms with van der Waals surface area (Å²) in [7, 11) is 0. The van der Waals surface area contributed by atoms with Crippen molar-refractivity contribution >= 4 is 46.5 Å². The molecule has 3 heterocycles. The Bertz CT molecular complexity index is 1720. The number of ether oxygens (including phenoxy) is 3. The largest absolute Gasteiger partial charge is 0.480 e. The number of aliphatic carboxylic acids is 1. The van der Waals surface area contributed by atoms with Crippen molar-refractivity contribution in [3.05, 3.63) is 52.1 Å². The number of rotatable bonds is 21. The molecule has 0 aliphatic carbocycles. The molecule has 51 heavy (non-hydrogen) atoms. The van der Waals surface area contributed by atoms with Crippen LogP contribution in [0, 0.1) is 0 Å². The summed E-state index contributed by atoms with van der Waals surface area (Å²) in [4.78, 5) is 77.0. The third kappa shape index (κ3) is 12.2. The molecule has 0 spiro atoms. The Morgan fingerprint density at radius 1 is 1.02 bits per heavy atom. The first-order valence-corrected chi connectivity index (χ1v) is 16.4. The Morgan fingerprint density at radius 2 is 1.71 bits per heavy atom. The molecule has 0 bridgehead atoms. The fraction of sp³-hybridized carbons (Fsp3) is 0.500. The number of hydrogen-bond acceptors (Lipinski definition) is 14. The van der Waals surface area contributed by atoms with Crippen molar-refractivity contribution in [3.63, 3.8) is 0 Å². The van der Waals surface area contributed by atoms with Crippen molar-refractivity contribution in [1.29, 1.82) is 0 Å². The number of carbonyl (C=O) groups excluding carboxylic acids is 3. The number of nitrogens with zero attached hydrogens (tertiary/aromatic N) is 4. The number of benzene rings is 1. The lowest BCUT2D eigenvalue weighted by atomic mass is 10.1. The second-order valence-electron chi connectivity index (χ2n) is 12.0. The predicted molar refractivity (Wildman–Crippen MR) is 184 cm³/mol. The van der Waals surface area contributed by atoms with Gasteiger partial charge in [-0.2, -0.15) is 4.98 Å². The molecule has 1 aromatic carbocycles. The molecule has 1 saturated heterocycles. The number of carbonyl (C=O) groups is 4. The Labute approximate surface area is 293 Å². The van der Waals surface area contributed by atoms with Crippen LogP contribution in [0.15, 0.2) is 35.3 Å². The minimum atomic E-state index is -1.27. The monoisotopic (exact) mass is 712 g/mol. The minimum Gasteiger partial charge on any atom is -0.480 e. The van der Waals surface area contributed by atoms with Crippen molar-refractivity contribution in [3.8, 4) is 0 Å². The lowest BCUT2D eigenvalue weighted by molar-refractivity contribution is -0.139. The standard InChI is InChI=1S/C32H44N10O9/c1-32(2)41-25(44)19-42(32)10-12-50-14-16-51-15-13-49-11-9-34-24(43)8-7-23(30(47)48)38-28(45)20-3-5-21(6-4-20)35-17-22-18-36-27-26(37-22)29(46)40-31(33)39-27/h3-6,18,23,35H,7-17,19H2,1-2H3,(H,34,43)(H,38,45)(H,41,44)(H,47,48)(H3,33,36,39,40,46).